The Kier molecular flexibility index (Phi) is 6.92. The summed E-state index contributed by atoms with van der Waals surface area (Å²) in [5, 5.41) is 0. The van der Waals surface area contributed by atoms with E-state index in [1.165, 1.54) is 12.1 Å². The Labute approximate surface area is 201 Å². The van der Waals surface area contributed by atoms with Crippen molar-refractivity contribution in [2.75, 3.05) is 0 Å². The molecular formula is C27H30O6S. The quantitative estimate of drug-likeness (QED) is 0.322. The molecule has 0 saturated heterocycles. The van der Waals surface area contributed by atoms with Crippen molar-refractivity contribution in [3.8, 4) is 17.2 Å². The van der Waals surface area contributed by atoms with E-state index in [0.29, 0.717) is 16.9 Å². The SMILES string of the molecule is CC(C)(C)Oc1ccc(Oc2ccc(C(=O)c3ccc(C(C)(C)C)cc3)cc2)cc1S(=O)(=O)O. The molecular weight excluding hydrogens is 452 g/mol. The molecule has 3 aromatic rings. The van der Waals surface area contributed by atoms with Crippen LogP contribution in [0.3, 0.4) is 0 Å². The van der Waals surface area contributed by atoms with Gasteiger partial charge in [0.05, 0.1) is 0 Å². The first kappa shape index (κ1) is 25.5. The van der Waals surface area contributed by atoms with E-state index in [9.17, 15) is 17.8 Å². The molecule has 1 N–H and O–H groups in total. The maximum Gasteiger partial charge on any atom is 0.298 e. The van der Waals surface area contributed by atoms with Crippen LogP contribution in [0.2, 0.25) is 0 Å². The van der Waals surface area contributed by atoms with Crippen LogP contribution >= 0.6 is 0 Å². The number of carbonyl (C=O) groups is 1. The molecule has 0 heterocycles. The molecule has 3 aromatic carbocycles. The second-order valence-electron chi connectivity index (χ2n) is 10.1. The van der Waals surface area contributed by atoms with Crippen molar-refractivity contribution in [1.29, 1.82) is 0 Å². The molecule has 0 amide bonds. The van der Waals surface area contributed by atoms with Crippen LogP contribution < -0.4 is 9.47 Å². The van der Waals surface area contributed by atoms with Crippen molar-refractivity contribution in [1.82, 2.24) is 0 Å². The predicted octanol–water partition coefficient (Wildman–Crippen LogP) is 6.43. The Balaban J connectivity index is 1.80. The molecule has 7 heteroatoms. The van der Waals surface area contributed by atoms with Gasteiger partial charge in [-0.3, -0.25) is 9.35 Å². The number of hydrogen-bond donors (Lipinski definition) is 1. The Bertz CT molecular complexity index is 1280. The Morgan fingerprint density at radius 3 is 1.74 bits per heavy atom. The van der Waals surface area contributed by atoms with E-state index in [2.05, 4.69) is 20.8 Å². The van der Waals surface area contributed by atoms with Gasteiger partial charge in [0.1, 0.15) is 27.7 Å². The van der Waals surface area contributed by atoms with E-state index >= 15 is 0 Å². The lowest BCUT2D eigenvalue weighted by molar-refractivity contribution is 0.103. The van der Waals surface area contributed by atoms with Crippen molar-refractivity contribution < 1.29 is 27.2 Å². The van der Waals surface area contributed by atoms with Crippen LogP contribution in [-0.4, -0.2) is 24.4 Å². The van der Waals surface area contributed by atoms with Crippen LogP contribution in [-0.2, 0) is 15.5 Å². The molecule has 0 aliphatic rings. The van der Waals surface area contributed by atoms with Crippen LogP contribution in [0.4, 0.5) is 0 Å². The van der Waals surface area contributed by atoms with Gasteiger partial charge in [-0.05, 0) is 68.1 Å². The largest absolute Gasteiger partial charge is 0.487 e. The smallest absolute Gasteiger partial charge is 0.298 e. The number of benzene rings is 3. The normalized spacial score (nSPS) is 12.3. The Hall–Kier alpha value is -3.16. The number of ether oxygens (including phenoxy) is 2. The fourth-order valence-electron chi connectivity index (χ4n) is 3.27. The zero-order valence-corrected chi connectivity index (χ0v) is 21.1. The molecule has 0 bridgehead atoms. The van der Waals surface area contributed by atoms with Crippen LogP contribution in [0, 0.1) is 0 Å². The van der Waals surface area contributed by atoms with Crippen molar-refractivity contribution >= 4 is 15.9 Å². The van der Waals surface area contributed by atoms with Gasteiger partial charge in [0, 0.05) is 17.2 Å². The lowest BCUT2D eigenvalue weighted by Crippen LogP contribution is -2.24. The Morgan fingerprint density at radius 2 is 1.26 bits per heavy atom. The fourth-order valence-corrected chi connectivity index (χ4v) is 3.90. The standard InChI is InChI=1S/C27H30O6S/c1-26(2,3)20-11-7-18(8-12-20)25(28)19-9-13-21(14-10-19)32-22-15-16-23(33-27(4,5)6)24(17-22)34(29,30)31/h7-17H,1-6H3,(H,29,30,31). The summed E-state index contributed by atoms with van der Waals surface area (Å²) < 4.78 is 44.7. The first-order valence-corrected chi connectivity index (χ1v) is 12.3. The fraction of sp³-hybridized carbons (Fsp3) is 0.296. The highest BCUT2D eigenvalue weighted by molar-refractivity contribution is 7.86. The summed E-state index contributed by atoms with van der Waals surface area (Å²) in [7, 11) is -4.53. The molecule has 0 aliphatic heterocycles. The molecule has 0 fully saturated rings. The number of hydrogen-bond acceptors (Lipinski definition) is 5. The van der Waals surface area contributed by atoms with E-state index in [1.807, 2.05) is 24.3 Å². The lowest BCUT2D eigenvalue weighted by Gasteiger charge is -2.22. The zero-order valence-electron chi connectivity index (χ0n) is 20.2. The Morgan fingerprint density at radius 1 is 0.765 bits per heavy atom. The third-order valence-electron chi connectivity index (χ3n) is 4.97. The molecule has 0 saturated carbocycles. The lowest BCUT2D eigenvalue weighted by atomic mass is 9.86. The number of rotatable bonds is 6. The molecule has 6 nitrogen and oxygen atoms in total. The zero-order chi connectivity index (χ0) is 25.3. The number of ketones is 1. The second kappa shape index (κ2) is 9.24. The predicted molar refractivity (Wildman–Crippen MR) is 132 cm³/mol. The van der Waals surface area contributed by atoms with E-state index in [4.69, 9.17) is 9.47 Å². The van der Waals surface area contributed by atoms with Gasteiger partial charge in [-0.2, -0.15) is 8.42 Å². The van der Waals surface area contributed by atoms with Crippen LogP contribution in [0.25, 0.3) is 0 Å². The average molecular weight is 483 g/mol. The highest BCUT2D eigenvalue weighted by atomic mass is 32.2. The summed E-state index contributed by atoms with van der Waals surface area (Å²) in [6.07, 6.45) is 0. The topological polar surface area (TPSA) is 89.9 Å². The summed E-state index contributed by atoms with van der Waals surface area (Å²) in [6, 6.07) is 18.3. The monoisotopic (exact) mass is 482 g/mol. The molecule has 34 heavy (non-hydrogen) atoms. The highest BCUT2D eigenvalue weighted by Crippen LogP contribution is 2.33. The molecule has 3 rings (SSSR count). The van der Waals surface area contributed by atoms with Gasteiger partial charge in [0.15, 0.2) is 5.78 Å². The minimum atomic E-state index is -4.53. The van der Waals surface area contributed by atoms with Crippen molar-refractivity contribution in [3.63, 3.8) is 0 Å². The third kappa shape index (κ3) is 6.46. The molecule has 0 aromatic heterocycles. The first-order chi connectivity index (χ1) is 15.6. The van der Waals surface area contributed by atoms with E-state index in [-0.39, 0.29) is 27.6 Å². The average Bonchev–Trinajstić information content (AvgIpc) is 2.72. The maximum absolute atomic E-state index is 12.8. The molecule has 0 spiro atoms. The number of carbonyl (C=O) groups excluding carboxylic acids is 1. The van der Waals surface area contributed by atoms with Gasteiger partial charge in [-0.25, -0.2) is 0 Å². The van der Waals surface area contributed by atoms with Gasteiger partial charge in [-0.15, -0.1) is 0 Å². The van der Waals surface area contributed by atoms with E-state index < -0.39 is 15.7 Å². The minimum Gasteiger partial charge on any atom is -0.487 e. The van der Waals surface area contributed by atoms with Crippen LogP contribution in [0.1, 0.15) is 63.0 Å². The first-order valence-electron chi connectivity index (χ1n) is 10.9. The second-order valence-corrected chi connectivity index (χ2v) is 11.5. The van der Waals surface area contributed by atoms with E-state index in [1.54, 1.807) is 51.1 Å². The summed E-state index contributed by atoms with van der Waals surface area (Å²) in [4.78, 5) is 12.5. The van der Waals surface area contributed by atoms with Crippen molar-refractivity contribution in [3.05, 3.63) is 83.4 Å². The highest BCUT2D eigenvalue weighted by Gasteiger charge is 2.22. The van der Waals surface area contributed by atoms with Crippen LogP contribution in [0.15, 0.2) is 71.6 Å². The summed E-state index contributed by atoms with van der Waals surface area (Å²) >= 11 is 0. The van der Waals surface area contributed by atoms with Gasteiger partial charge in [0.25, 0.3) is 10.1 Å². The van der Waals surface area contributed by atoms with Crippen LogP contribution in [0.5, 0.6) is 17.2 Å². The van der Waals surface area contributed by atoms with Crippen molar-refractivity contribution in [2.45, 2.75) is 57.5 Å². The van der Waals surface area contributed by atoms with Crippen molar-refractivity contribution in [2.24, 2.45) is 0 Å². The molecule has 180 valence electrons. The van der Waals surface area contributed by atoms with Gasteiger partial charge < -0.3 is 9.47 Å². The molecule has 0 unspecified atom stereocenters. The third-order valence-corrected chi connectivity index (χ3v) is 5.85. The van der Waals surface area contributed by atoms with Gasteiger partial charge in [0.2, 0.25) is 0 Å². The maximum atomic E-state index is 12.8. The summed E-state index contributed by atoms with van der Waals surface area (Å²) in [5.41, 5.74) is 1.60. The van der Waals surface area contributed by atoms with Gasteiger partial charge in [-0.1, -0.05) is 45.0 Å². The minimum absolute atomic E-state index is 0.00681. The molecule has 0 radical (unpaired) electrons. The summed E-state index contributed by atoms with van der Waals surface area (Å²) in [6.45, 7) is 11.7. The van der Waals surface area contributed by atoms with E-state index in [0.717, 1.165) is 5.56 Å². The summed E-state index contributed by atoms with van der Waals surface area (Å²) in [5.74, 6) is 0.529. The van der Waals surface area contributed by atoms with Gasteiger partial charge >= 0.3 is 0 Å². The molecule has 0 atom stereocenters. The molecule has 0 aliphatic carbocycles.